The van der Waals surface area contributed by atoms with Gasteiger partial charge in [0, 0.05) is 84.8 Å². The van der Waals surface area contributed by atoms with Crippen LogP contribution in [0.3, 0.4) is 0 Å². The molecule has 8 rings (SSSR count). The molecule has 0 radical (unpaired) electrons. The molecule has 3 aliphatic rings. The largest absolute Gasteiger partial charge is 0.398 e. The molecule has 1 unspecified atom stereocenters. The SMILES string of the molecule is CC.N=C(c1ccnc(NCCCN2CCC(F)C2)c1)c1ccccc1N.O=C1CCCC2(CCN(c3cc(-c4n[nH]c5ccccc45)ccn3)CC2)N1. The Morgan fingerprint density at radius 2 is 1.78 bits per heavy atom. The van der Waals surface area contributed by atoms with Crippen molar-refractivity contribution in [2.45, 2.75) is 70.5 Å². The number of nitrogens with one attached hydrogen (secondary N) is 4. The number of rotatable bonds is 9. The van der Waals surface area contributed by atoms with Crippen LogP contribution in [-0.2, 0) is 4.79 Å². The molecule has 6 heterocycles. The number of carbonyl (C=O) groups excluding carboxylic acids is 1. The number of hydrogen-bond acceptors (Lipinski definition) is 9. The smallest absolute Gasteiger partial charge is 0.220 e. The molecule has 1 atom stereocenters. The van der Waals surface area contributed by atoms with Crippen LogP contribution in [0, 0.1) is 5.41 Å². The number of nitrogens with two attached hydrogens (primary N) is 1. The van der Waals surface area contributed by atoms with E-state index < -0.39 is 6.17 Å². The van der Waals surface area contributed by atoms with Crippen LogP contribution >= 0.6 is 0 Å². The first-order chi connectivity index (χ1) is 26.4. The summed E-state index contributed by atoms with van der Waals surface area (Å²) >= 11 is 0. The first-order valence-electron chi connectivity index (χ1n) is 19.3. The average molecular weight is 733 g/mol. The number of benzene rings is 2. The first-order valence-corrected chi connectivity index (χ1v) is 19.3. The van der Waals surface area contributed by atoms with E-state index in [9.17, 15) is 9.18 Å². The standard InChI is InChI=1S/C21H23N5O.C19H24FN5.C2H6/c27-19-6-3-8-21(23-19)9-12-26(13-10-21)18-14-15(7-11-22-18)20-16-4-1-2-5-17(16)24-25-20;20-15-7-11-25(13-15)10-3-8-23-18-12-14(6-9-24-18)19(22)16-4-1-2-5-17(16)21;1-2/h1-2,4-5,7,11,14H,3,6,8-10,12-13H2,(H,23,27)(H,24,25);1-2,4-6,9,12,15,22H,3,7-8,10-11,13,21H2,(H,23,24);1-2H3. The molecule has 2 aromatic carbocycles. The zero-order chi connectivity index (χ0) is 37.9. The van der Waals surface area contributed by atoms with Gasteiger partial charge in [-0.1, -0.05) is 50.2 Å². The summed E-state index contributed by atoms with van der Waals surface area (Å²) in [5.41, 5.74) is 11.5. The average Bonchev–Trinajstić information content (AvgIpc) is 3.84. The van der Waals surface area contributed by atoms with Crippen molar-refractivity contribution in [1.29, 1.82) is 5.41 Å². The summed E-state index contributed by atoms with van der Waals surface area (Å²) in [5.74, 6) is 1.93. The minimum atomic E-state index is -0.664. The van der Waals surface area contributed by atoms with Crippen molar-refractivity contribution < 1.29 is 9.18 Å². The third kappa shape index (κ3) is 9.40. The van der Waals surface area contributed by atoms with Crippen molar-refractivity contribution in [3.63, 3.8) is 0 Å². The lowest BCUT2D eigenvalue weighted by Crippen LogP contribution is -2.57. The van der Waals surface area contributed by atoms with E-state index in [4.69, 9.17) is 11.1 Å². The summed E-state index contributed by atoms with van der Waals surface area (Å²) in [6.45, 7) is 8.90. The molecular weight excluding hydrogens is 680 g/mol. The van der Waals surface area contributed by atoms with Gasteiger partial charge in [0.1, 0.15) is 23.5 Å². The fraction of sp³-hybridized carbons (Fsp3) is 0.405. The van der Waals surface area contributed by atoms with Gasteiger partial charge in [0.2, 0.25) is 5.91 Å². The second-order valence-corrected chi connectivity index (χ2v) is 14.0. The van der Waals surface area contributed by atoms with E-state index in [0.717, 1.165) is 110 Å². The normalized spacial score (nSPS) is 17.9. The molecule has 54 heavy (non-hydrogen) atoms. The third-order valence-electron chi connectivity index (χ3n) is 10.4. The zero-order valence-corrected chi connectivity index (χ0v) is 31.5. The molecular formula is C42H53FN10O. The molecule has 12 heteroatoms. The number of alkyl halides is 1. The number of anilines is 3. The number of aromatic amines is 1. The van der Waals surface area contributed by atoms with Crippen molar-refractivity contribution >= 4 is 39.8 Å². The number of halogens is 1. The number of carbonyl (C=O) groups is 1. The number of likely N-dealkylation sites (tertiary alicyclic amines) is 1. The first kappa shape index (κ1) is 38.4. The highest BCUT2D eigenvalue weighted by atomic mass is 19.1. The Morgan fingerprint density at radius 3 is 2.56 bits per heavy atom. The van der Waals surface area contributed by atoms with Crippen LogP contribution in [0.15, 0.2) is 85.2 Å². The van der Waals surface area contributed by atoms with E-state index in [1.165, 1.54) is 0 Å². The summed E-state index contributed by atoms with van der Waals surface area (Å²) in [5, 5.41) is 23.7. The lowest BCUT2D eigenvalue weighted by Gasteiger charge is -2.45. The maximum absolute atomic E-state index is 13.1. The van der Waals surface area contributed by atoms with Crippen molar-refractivity contribution in [3.05, 3.63) is 96.3 Å². The zero-order valence-electron chi connectivity index (χ0n) is 31.5. The van der Waals surface area contributed by atoms with Gasteiger partial charge < -0.3 is 26.2 Å². The number of hydrogen-bond donors (Lipinski definition) is 5. The highest BCUT2D eigenvalue weighted by Gasteiger charge is 2.38. The summed E-state index contributed by atoms with van der Waals surface area (Å²) < 4.78 is 13.1. The molecule has 11 nitrogen and oxygen atoms in total. The molecule has 5 aromatic rings. The van der Waals surface area contributed by atoms with Gasteiger partial charge in [-0.2, -0.15) is 5.10 Å². The molecule has 1 amide bonds. The summed E-state index contributed by atoms with van der Waals surface area (Å²) in [6.07, 6.45) is 9.22. The van der Waals surface area contributed by atoms with Gasteiger partial charge in [-0.05, 0) is 81.5 Å². The molecule has 0 aliphatic carbocycles. The third-order valence-corrected chi connectivity index (χ3v) is 10.4. The summed E-state index contributed by atoms with van der Waals surface area (Å²) in [7, 11) is 0. The lowest BCUT2D eigenvalue weighted by molar-refractivity contribution is -0.125. The van der Waals surface area contributed by atoms with Gasteiger partial charge in [-0.3, -0.25) is 15.3 Å². The molecule has 1 spiro atoms. The number of pyridine rings is 2. The Balaban J connectivity index is 0.000000177. The van der Waals surface area contributed by atoms with Crippen LogP contribution in [0.4, 0.5) is 21.7 Å². The molecule has 284 valence electrons. The predicted molar refractivity (Wildman–Crippen MR) is 217 cm³/mol. The van der Waals surface area contributed by atoms with Crippen molar-refractivity contribution in [1.82, 2.24) is 30.4 Å². The molecule has 3 fully saturated rings. The quantitative estimate of drug-likeness (QED) is 0.0606. The van der Waals surface area contributed by atoms with Crippen molar-refractivity contribution in [3.8, 4) is 11.3 Å². The van der Waals surface area contributed by atoms with Crippen LogP contribution in [0.5, 0.6) is 0 Å². The van der Waals surface area contributed by atoms with E-state index in [-0.39, 0.29) is 11.4 Å². The number of amides is 1. The molecule has 3 saturated heterocycles. The van der Waals surface area contributed by atoms with Gasteiger partial charge in [-0.25, -0.2) is 14.4 Å². The number of nitrogen functional groups attached to an aromatic ring is 1. The van der Waals surface area contributed by atoms with Gasteiger partial charge in [-0.15, -0.1) is 0 Å². The second-order valence-electron chi connectivity index (χ2n) is 14.0. The Labute approximate surface area is 317 Å². The Hall–Kier alpha value is -5.36. The monoisotopic (exact) mass is 732 g/mol. The second kappa shape index (κ2) is 18.1. The van der Waals surface area contributed by atoms with Gasteiger partial charge in [0.15, 0.2) is 0 Å². The van der Waals surface area contributed by atoms with Crippen LogP contribution in [0.25, 0.3) is 22.2 Å². The van der Waals surface area contributed by atoms with Crippen LogP contribution in [0.1, 0.15) is 69.9 Å². The fourth-order valence-electron chi connectivity index (χ4n) is 7.54. The minimum Gasteiger partial charge on any atom is -0.398 e. The summed E-state index contributed by atoms with van der Waals surface area (Å²) in [6, 6.07) is 23.4. The predicted octanol–water partition coefficient (Wildman–Crippen LogP) is 7.22. The van der Waals surface area contributed by atoms with Crippen LogP contribution in [0.2, 0.25) is 0 Å². The molecule has 3 aliphatic heterocycles. The number of fused-ring (bicyclic) bond motifs is 1. The molecule has 0 saturated carbocycles. The van der Waals surface area contributed by atoms with Gasteiger partial charge in [0.25, 0.3) is 0 Å². The number of aromatic nitrogens is 4. The van der Waals surface area contributed by atoms with Crippen molar-refractivity contribution in [2.75, 3.05) is 55.2 Å². The highest BCUT2D eigenvalue weighted by Crippen LogP contribution is 2.34. The molecule has 6 N–H and O–H groups in total. The van der Waals surface area contributed by atoms with Crippen LogP contribution < -0.4 is 21.3 Å². The lowest BCUT2D eigenvalue weighted by atomic mass is 9.80. The van der Waals surface area contributed by atoms with E-state index in [1.54, 1.807) is 12.3 Å². The number of H-pyrrole nitrogens is 1. The van der Waals surface area contributed by atoms with E-state index in [2.05, 4.69) is 52.7 Å². The topological polar surface area (TPSA) is 152 Å². The van der Waals surface area contributed by atoms with Gasteiger partial charge in [0.05, 0.1) is 11.2 Å². The van der Waals surface area contributed by atoms with E-state index in [1.807, 2.05) is 74.6 Å². The number of para-hydroxylation sites is 2. The minimum absolute atomic E-state index is 0.00182. The maximum Gasteiger partial charge on any atom is 0.220 e. The molecule has 3 aromatic heterocycles. The number of nitrogens with zero attached hydrogens (tertiary/aromatic N) is 5. The Bertz CT molecular complexity index is 2010. The van der Waals surface area contributed by atoms with Crippen LogP contribution in [-0.4, -0.2) is 87.7 Å². The Morgan fingerprint density at radius 1 is 1.00 bits per heavy atom. The summed E-state index contributed by atoms with van der Waals surface area (Å²) in [4.78, 5) is 25.2. The van der Waals surface area contributed by atoms with Crippen molar-refractivity contribution in [2.24, 2.45) is 0 Å². The van der Waals surface area contributed by atoms with E-state index in [0.29, 0.717) is 30.8 Å². The number of piperidine rings is 2. The van der Waals surface area contributed by atoms with Gasteiger partial charge >= 0.3 is 0 Å². The highest BCUT2D eigenvalue weighted by molar-refractivity contribution is 6.14. The fourth-order valence-corrected chi connectivity index (χ4v) is 7.54. The Kier molecular flexibility index (Phi) is 12.9. The molecule has 0 bridgehead atoms. The maximum atomic E-state index is 13.1. The van der Waals surface area contributed by atoms with E-state index >= 15 is 0 Å².